The van der Waals surface area contributed by atoms with Gasteiger partial charge in [-0.15, -0.1) is 0 Å². The molecule has 6 heteroatoms. The summed E-state index contributed by atoms with van der Waals surface area (Å²) < 4.78 is 16.2. The number of carbonyl (C=O) groups excluding carboxylic acids is 1. The predicted octanol–water partition coefficient (Wildman–Crippen LogP) is 3.66. The van der Waals surface area contributed by atoms with Gasteiger partial charge in [0.25, 0.3) is 0 Å². The number of nitrogens with zero attached hydrogens (tertiary/aromatic N) is 2. The van der Waals surface area contributed by atoms with Crippen molar-refractivity contribution in [1.82, 2.24) is 10.1 Å². The zero-order chi connectivity index (χ0) is 18.5. The molecule has 1 aromatic carbocycles. The molecule has 0 bridgehead atoms. The standard InChI is InChI=1S/C20H22N2O4/c1-14-19(15(2)26-21-14)13-25-17-8-6-16(7-9-17)11-20(23)22(3)12-18-5-4-10-24-18/h4-10H,11-13H2,1-3H3. The lowest BCUT2D eigenvalue weighted by atomic mass is 10.1. The van der Waals surface area contributed by atoms with Gasteiger partial charge in [0, 0.05) is 7.05 Å². The number of hydrogen-bond acceptors (Lipinski definition) is 5. The number of carbonyl (C=O) groups is 1. The normalized spacial score (nSPS) is 10.7. The van der Waals surface area contributed by atoms with Gasteiger partial charge < -0.3 is 18.6 Å². The topological polar surface area (TPSA) is 68.7 Å². The summed E-state index contributed by atoms with van der Waals surface area (Å²) >= 11 is 0. The summed E-state index contributed by atoms with van der Waals surface area (Å²) in [6, 6.07) is 11.2. The summed E-state index contributed by atoms with van der Waals surface area (Å²) in [7, 11) is 1.77. The van der Waals surface area contributed by atoms with Crippen LogP contribution >= 0.6 is 0 Å². The summed E-state index contributed by atoms with van der Waals surface area (Å²) in [5.74, 6) is 2.31. The van der Waals surface area contributed by atoms with Crippen molar-refractivity contribution >= 4 is 5.91 Å². The first-order valence-electron chi connectivity index (χ1n) is 8.43. The number of benzene rings is 1. The van der Waals surface area contributed by atoms with Gasteiger partial charge in [-0.2, -0.15) is 0 Å². The third-order valence-corrected chi connectivity index (χ3v) is 4.24. The van der Waals surface area contributed by atoms with E-state index in [-0.39, 0.29) is 5.91 Å². The molecule has 0 spiro atoms. The molecular weight excluding hydrogens is 332 g/mol. The lowest BCUT2D eigenvalue weighted by Crippen LogP contribution is -2.27. The van der Waals surface area contributed by atoms with Crippen LogP contribution in [0.3, 0.4) is 0 Å². The number of aromatic nitrogens is 1. The van der Waals surface area contributed by atoms with Crippen LogP contribution in [-0.4, -0.2) is 23.0 Å². The summed E-state index contributed by atoms with van der Waals surface area (Å²) in [4.78, 5) is 14.0. The number of amides is 1. The molecule has 136 valence electrons. The molecule has 26 heavy (non-hydrogen) atoms. The van der Waals surface area contributed by atoms with Crippen LogP contribution in [0.5, 0.6) is 5.75 Å². The first-order valence-corrected chi connectivity index (χ1v) is 8.43. The fourth-order valence-electron chi connectivity index (χ4n) is 2.60. The van der Waals surface area contributed by atoms with Crippen molar-refractivity contribution in [3.63, 3.8) is 0 Å². The molecule has 3 aromatic rings. The Morgan fingerprint density at radius 1 is 1.19 bits per heavy atom. The molecule has 0 N–H and O–H groups in total. The van der Waals surface area contributed by atoms with Crippen LogP contribution in [0.15, 0.2) is 51.6 Å². The molecule has 0 aliphatic carbocycles. The van der Waals surface area contributed by atoms with Crippen molar-refractivity contribution in [3.8, 4) is 5.75 Å². The van der Waals surface area contributed by atoms with Crippen molar-refractivity contribution in [2.75, 3.05) is 7.05 Å². The van der Waals surface area contributed by atoms with Crippen LogP contribution in [0.4, 0.5) is 0 Å². The summed E-state index contributed by atoms with van der Waals surface area (Å²) in [6.07, 6.45) is 1.94. The maximum Gasteiger partial charge on any atom is 0.227 e. The summed E-state index contributed by atoms with van der Waals surface area (Å²) in [6.45, 7) is 4.63. The Bertz CT molecular complexity index is 831. The number of hydrogen-bond donors (Lipinski definition) is 0. The highest BCUT2D eigenvalue weighted by Crippen LogP contribution is 2.18. The van der Waals surface area contributed by atoms with Gasteiger partial charge >= 0.3 is 0 Å². The molecule has 0 aliphatic heterocycles. The van der Waals surface area contributed by atoms with Crippen molar-refractivity contribution < 1.29 is 18.5 Å². The molecule has 0 fully saturated rings. The number of furan rings is 1. The monoisotopic (exact) mass is 354 g/mol. The minimum atomic E-state index is 0.0331. The van der Waals surface area contributed by atoms with Gasteiger partial charge in [-0.1, -0.05) is 17.3 Å². The Morgan fingerprint density at radius 3 is 2.58 bits per heavy atom. The molecular formula is C20H22N2O4. The van der Waals surface area contributed by atoms with Gasteiger partial charge in [-0.25, -0.2) is 0 Å². The Morgan fingerprint density at radius 2 is 1.96 bits per heavy atom. The molecule has 2 heterocycles. The molecule has 0 unspecified atom stereocenters. The zero-order valence-corrected chi connectivity index (χ0v) is 15.2. The van der Waals surface area contributed by atoms with Gasteiger partial charge in [0.15, 0.2) is 0 Å². The van der Waals surface area contributed by atoms with Crippen molar-refractivity contribution in [1.29, 1.82) is 0 Å². The number of aryl methyl sites for hydroxylation is 2. The van der Waals surface area contributed by atoms with E-state index in [0.717, 1.165) is 34.1 Å². The molecule has 0 saturated heterocycles. The van der Waals surface area contributed by atoms with Crippen LogP contribution in [0, 0.1) is 13.8 Å². The third-order valence-electron chi connectivity index (χ3n) is 4.24. The van der Waals surface area contributed by atoms with Crippen LogP contribution in [-0.2, 0) is 24.4 Å². The van der Waals surface area contributed by atoms with E-state index in [9.17, 15) is 4.79 Å². The van der Waals surface area contributed by atoms with Crippen molar-refractivity contribution in [3.05, 3.63) is 71.0 Å². The summed E-state index contributed by atoms with van der Waals surface area (Å²) in [5.41, 5.74) is 2.74. The average molecular weight is 354 g/mol. The van der Waals surface area contributed by atoms with E-state index in [1.165, 1.54) is 0 Å². The summed E-state index contributed by atoms with van der Waals surface area (Å²) in [5, 5.41) is 3.91. The van der Waals surface area contributed by atoms with Crippen LogP contribution in [0.25, 0.3) is 0 Å². The van der Waals surface area contributed by atoms with Gasteiger partial charge in [-0.05, 0) is 43.7 Å². The highest BCUT2D eigenvalue weighted by atomic mass is 16.5. The Hall–Kier alpha value is -3.02. The molecule has 0 atom stereocenters. The van der Waals surface area contributed by atoms with E-state index in [2.05, 4.69) is 5.16 Å². The van der Waals surface area contributed by atoms with Crippen molar-refractivity contribution in [2.24, 2.45) is 0 Å². The van der Waals surface area contributed by atoms with Crippen LogP contribution in [0.2, 0.25) is 0 Å². The SMILES string of the molecule is Cc1noc(C)c1COc1ccc(CC(=O)N(C)Cc2ccco2)cc1. The lowest BCUT2D eigenvalue weighted by Gasteiger charge is -2.16. The minimum Gasteiger partial charge on any atom is -0.489 e. The van der Waals surface area contributed by atoms with E-state index in [0.29, 0.717) is 19.6 Å². The van der Waals surface area contributed by atoms with E-state index in [4.69, 9.17) is 13.7 Å². The second-order valence-electron chi connectivity index (χ2n) is 6.24. The smallest absolute Gasteiger partial charge is 0.227 e. The predicted molar refractivity (Wildman–Crippen MR) is 95.6 cm³/mol. The molecule has 6 nitrogen and oxygen atoms in total. The molecule has 0 aliphatic rings. The first-order chi connectivity index (χ1) is 12.5. The Kier molecular flexibility index (Phi) is 5.41. The number of rotatable bonds is 7. The Balaban J connectivity index is 1.53. The highest BCUT2D eigenvalue weighted by Gasteiger charge is 2.12. The molecule has 0 saturated carbocycles. The minimum absolute atomic E-state index is 0.0331. The quantitative estimate of drug-likeness (QED) is 0.648. The second-order valence-corrected chi connectivity index (χ2v) is 6.24. The zero-order valence-electron chi connectivity index (χ0n) is 15.2. The maximum atomic E-state index is 12.3. The Labute approximate surface area is 152 Å². The first kappa shape index (κ1) is 17.8. The van der Waals surface area contributed by atoms with Crippen LogP contribution < -0.4 is 4.74 Å². The number of ether oxygens (including phenoxy) is 1. The molecule has 1 amide bonds. The van der Waals surface area contributed by atoms with E-state index >= 15 is 0 Å². The number of likely N-dealkylation sites (N-methyl/N-ethyl adjacent to an activating group) is 1. The molecule has 3 rings (SSSR count). The fraction of sp³-hybridized carbons (Fsp3) is 0.300. The van der Waals surface area contributed by atoms with Gasteiger partial charge in [0.1, 0.15) is 23.9 Å². The van der Waals surface area contributed by atoms with E-state index in [1.54, 1.807) is 18.2 Å². The van der Waals surface area contributed by atoms with Gasteiger partial charge in [0.05, 0.1) is 30.5 Å². The fourth-order valence-corrected chi connectivity index (χ4v) is 2.60. The molecule has 0 radical (unpaired) electrons. The lowest BCUT2D eigenvalue weighted by molar-refractivity contribution is -0.129. The maximum absolute atomic E-state index is 12.3. The van der Waals surface area contributed by atoms with Gasteiger partial charge in [0.2, 0.25) is 5.91 Å². The molecule has 2 aromatic heterocycles. The van der Waals surface area contributed by atoms with E-state index < -0.39 is 0 Å². The highest BCUT2D eigenvalue weighted by molar-refractivity contribution is 5.78. The van der Waals surface area contributed by atoms with Gasteiger partial charge in [-0.3, -0.25) is 4.79 Å². The second kappa shape index (κ2) is 7.91. The van der Waals surface area contributed by atoms with Crippen molar-refractivity contribution in [2.45, 2.75) is 33.4 Å². The third kappa shape index (κ3) is 4.33. The largest absolute Gasteiger partial charge is 0.489 e. The van der Waals surface area contributed by atoms with E-state index in [1.807, 2.05) is 50.2 Å². The average Bonchev–Trinajstić information content (AvgIpc) is 3.25. The van der Waals surface area contributed by atoms with Crippen LogP contribution in [0.1, 0.15) is 28.3 Å².